The van der Waals surface area contributed by atoms with Gasteiger partial charge in [-0.15, -0.1) is 0 Å². The molecule has 3 heteroatoms. The third-order valence-corrected chi connectivity index (χ3v) is 6.32. The molecule has 4 rings (SSSR count). The van der Waals surface area contributed by atoms with Crippen LogP contribution in [0.3, 0.4) is 0 Å². The average molecular weight is 411 g/mol. The molecule has 1 heterocycles. The van der Waals surface area contributed by atoms with Crippen molar-refractivity contribution in [2.45, 2.75) is 44.4 Å². The van der Waals surface area contributed by atoms with Crippen molar-refractivity contribution in [3.05, 3.63) is 102 Å². The van der Waals surface area contributed by atoms with Crippen LogP contribution < -0.4 is 4.90 Å². The Labute approximate surface area is 185 Å². The lowest BCUT2D eigenvalue weighted by Gasteiger charge is -2.41. The van der Waals surface area contributed by atoms with Gasteiger partial charge < -0.3 is 0 Å². The van der Waals surface area contributed by atoms with Crippen molar-refractivity contribution < 1.29 is 4.79 Å². The second-order valence-electron chi connectivity index (χ2n) is 8.57. The van der Waals surface area contributed by atoms with Gasteiger partial charge in [-0.1, -0.05) is 79.9 Å². The third-order valence-electron chi connectivity index (χ3n) is 6.32. The lowest BCUT2D eigenvalue weighted by molar-refractivity contribution is -0.114. The second-order valence-corrected chi connectivity index (χ2v) is 8.57. The molecule has 0 bridgehead atoms. The van der Waals surface area contributed by atoms with Gasteiger partial charge in [-0.2, -0.15) is 0 Å². The van der Waals surface area contributed by atoms with Gasteiger partial charge in [-0.25, -0.2) is 4.98 Å². The number of benzene rings is 2. The summed E-state index contributed by atoms with van der Waals surface area (Å²) in [6.45, 7) is 2.69. The zero-order valence-electron chi connectivity index (χ0n) is 18.2. The molecule has 0 spiro atoms. The van der Waals surface area contributed by atoms with Gasteiger partial charge in [0.05, 0.1) is 0 Å². The summed E-state index contributed by atoms with van der Waals surface area (Å²) in [5, 5.41) is 0. The number of nitrogens with zero attached hydrogens (tertiary/aromatic N) is 2. The number of amides is 1. The largest absolute Gasteiger partial charge is 0.292 e. The summed E-state index contributed by atoms with van der Waals surface area (Å²) in [6.07, 6.45) is 11.2. The average Bonchev–Trinajstić information content (AvgIpc) is 2.83. The maximum absolute atomic E-state index is 13.5. The number of carbonyl (C=O) groups is 1. The summed E-state index contributed by atoms with van der Waals surface area (Å²) >= 11 is 0. The van der Waals surface area contributed by atoms with Crippen LogP contribution in [0.4, 0.5) is 5.82 Å². The van der Waals surface area contributed by atoms with E-state index in [0.29, 0.717) is 6.54 Å². The highest BCUT2D eigenvalue weighted by Gasteiger charge is 2.37. The maximum Gasteiger partial charge on any atom is 0.252 e. The first kappa shape index (κ1) is 21.0. The highest BCUT2D eigenvalue weighted by Crippen LogP contribution is 2.41. The van der Waals surface area contributed by atoms with Gasteiger partial charge in [-0.3, -0.25) is 9.69 Å². The Morgan fingerprint density at radius 1 is 0.968 bits per heavy atom. The van der Waals surface area contributed by atoms with Crippen molar-refractivity contribution in [3.8, 4) is 0 Å². The van der Waals surface area contributed by atoms with Crippen LogP contribution in [0.5, 0.6) is 0 Å². The molecule has 3 aromatic rings. The Morgan fingerprint density at radius 2 is 1.65 bits per heavy atom. The smallest absolute Gasteiger partial charge is 0.252 e. The van der Waals surface area contributed by atoms with E-state index < -0.39 is 0 Å². The predicted molar refractivity (Wildman–Crippen MR) is 128 cm³/mol. The lowest BCUT2D eigenvalue weighted by atomic mass is 9.69. The molecular weight excluding hydrogens is 380 g/mol. The minimum Gasteiger partial charge on any atom is -0.292 e. The van der Waals surface area contributed by atoms with Crippen LogP contribution in [0.1, 0.15) is 48.8 Å². The molecule has 1 fully saturated rings. The normalized spacial score (nSPS) is 15.6. The summed E-state index contributed by atoms with van der Waals surface area (Å²) in [7, 11) is 0. The Kier molecular flexibility index (Phi) is 6.61. The zero-order valence-corrected chi connectivity index (χ0v) is 18.2. The van der Waals surface area contributed by atoms with Crippen LogP contribution in [-0.2, 0) is 10.2 Å². The van der Waals surface area contributed by atoms with E-state index in [1.807, 2.05) is 60.4 Å². The van der Waals surface area contributed by atoms with Crippen molar-refractivity contribution >= 4 is 17.8 Å². The van der Waals surface area contributed by atoms with Crippen molar-refractivity contribution in [1.29, 1.82) is 0 Å². The number of rotatable bonds is 6. The highest BCUT2D eigenvalue weighted by atomic mass is 16.2. The molecule has 0 unspecified atom stereocenters. The molecule has 0 aliphatic heterocycles. The molecule has 1 aliphatic rings. The molecule has 1 amide bonds. The number of anilines is 1. The molecule has 1 saturated carbocycles. The molecule has 1 aliphatic carbocycles. The zero-order chi connectivity index (χ0) is 21.5. The molecule has 0 N–H and O–H groups in total. The number of aromatic nitrogens is 1. The quantitative estimate of drug-likeness (QED) is 0.444. The Balaban J connectivity index is 1.69. The summed E-state index contributed by atoms with van der Waals surface area (Å²) in [4.78, 5) is 19.9. The van der Waals surface area contributed by atoms with Crippen molar-refractivity contribution in [2.75, 3.05) is 11.4 Å². The SMILES string of the molecule is Cc1ccnc(N(CC2(c3ccccc3)CCCCC2)C(=O)/C=C/c2ccccc2)c1. The Bertz CT molecular complexity index is 1020. The van der Waals surface area contributed by atoms with E-state index in [4.69, 9.17) is 0 Å². The Morgan fingerprint density at radius 3 is 2.32 bits per heavy atom. The number of hydrogen-bond acceptors (Lipinski definition) is 2. The van der Waals surface area contributed by atoms with Gasteiger partial charge in [0.2, 0.25) is 0 Å². The van der Waals surface area contributed by atoms with Gasteiger partial charge in [0.15, 0.2) is 0 Å². The Hall–Kier alpha value is -3.20. The first-order valence-electron chi connectivity index (χ1n) is 11.2. The van der Waals surface area contributed by atoms with E-state index in [2.05, 4.69) is 35.3 Å². The van der Waals surface area contributed by atoms with Crippen LogP contribution in [0.15, 0.2) is 85.1 Å². The molecule has 0 atom stereocenters. The summed E-state index contributed by atoms with van der Waals surface area (Å²) in [5.41, 5.74) is 3.41. The first-order valence-corrected chi connectivity index (χ1v) is 11.2. The molecule has 31 heavy (non-hydrogen) atoms. The van der Waals surface area contributed by atoms with E-state index in [9.17, 15) is 4.79 Å². The van der Waals surface area contributed by atoms with E-state index in [-0.39, 0.29) is 11.3 Å². The first-order chi connectivity index (χ1) is 15.2. The molecule has 3 nitrogen and oxygen atoms in total. The van der Waals surface area contributed by atoms with Crippen LogP contribution in [0, 0.1) is 6.92 Å². The second kappa shape index (κ2) is 9.74. The monoisotopic (exact) mass is 410 g/mol. The number of carbonyl (C=O) groups excluding carboxylic acids is 1. The van der Waals surface area contributed by atoms with E-state index in [1.54, 1.807) is 12.3 Å². The fraction of sp³-hybridized carbons (Fsp3) is 0.286. The van der Waals surface area contributed by atoms with Gasteiger partial charge in [0.25, 0.3) is 5.91 Å². The molecule has 1 aromatic heterocycles. The number of pyridine rings is 1. The van der Waals surface area contributed by atoms with E-state index in [1.165, 1.54) is 24.8 Å². The lowest BCUT2D eigenvalue weighted by Crippen LogP contribution is -2.45. The van der Waals surface area contributed by atoms with Crippen LogP contribution in [-0.4, -0.2) is 17.4 Å². The van der Waals surface area contributed by atoms with Gasteiger partial charge in [0, 0.05) is 24.2 Å². The van der Waals surface area contributed by atoms with Crippen LogP contribution >= 0.6 is 0 Å². The fourth-order valence-corrected chi connectivity index (χ4v) is 4.62. The molecule has 0 radical (unpaired) electrons. The van der Waals surface area contributed by atoms with Crippen molar-refractivity contribution in [1.82, 2.24) is 4.98 Å². The van der Waals surface area contributed by atoms with Crippen LogP contribution in [0.2, 0.25) is 0 Å². The van der Waals surface area contributed by atoms with Gasteiger partial charge >= 0.3 is 0 Å². The molecule has 0 saturated heterocycles. The number of aryl methyl sites for hydroxylation is 1. The maximum atomic E-state index is 13.5. The van der Waals surface area contributed by atoms with Crippen molar-refractivity contribution in [2.24, 2.45) is 0 Å². The predicted octanol–water partition coefficient (Wildman–Crippen LogP) is 6.34. The minimum absolute atomic E-state index is 0.0252. The highest BCUT2D eigenvalue weighted by molar-refractivity contribution is 6.03. The third kappa shape index (κ3) is 5.11. The standard InChI is InChI=1S/C28H30N2O/c1-23-17-20-29-26(21-23)30(27(31)16-15-24-11-5-2-6-12-24)22-28(18-9-4-10-19-28)25-13-7-3-8-14-25/h2-3,5-8,11-17,20-21H,4,9-10,18-19,22H2,1H3/b16-15+. The number of hydrogen-bond donors (Lipinski definition) is 0. The minimum atomic E-state index is -0.0405. The summed E-state index contributed by atoms with van der Waals surface area (Å²) in [5.74, 6) is 0.700. The molecular formula is C28H30N2O. The summed E-state index contributed by atoms with van der Waals surface area (Å²) in [6, 6.07) is 24.7. The topological polar surface area (TPSA) is 33.2 Å². The fourth-order valence-electron chi connectivity index (χ4n) is 4.62. The van der Waals surface area contributed by atoms with Gasteiger partial charge in [0.1, 0.15) is 5.82 Å². The van der Waals surface area contributed by atoms with Crippen LogP contribution in [0.25, 0.3) is 6.08 Å². The van der Waals surface area contributed by atoms with Gasteiger partial charge in [-0.05, 0) is 54.7 Å². The van der Waals surface area contributed by atoms with Crippen molar-refractivity contribution in [3.63, 3.8) is 0 Å². The molecule has 158 valence electrons. The summed E-state index contributed by atoms with van der Waals surface area (Å²) < 4.78 is 0. The van der Waals surface area contributed by atoms with E-state index >= 15 is 0 Å². The molecule has 2 aromatic carbocycles. The van der Waals surface area contributed by atoms with E-state index in [0.717, 1.165) is 29.8 Å².